The Morgan fingerprint density at radius 2 is 2.11 bits per heavy atom. The molecule has 0 unspecified atom stereocenters. The molecule has 0 atom stereocenters. The average molecular weight is 321 g/mol. The molecule has 19 heavy (non-hydrogen) atoms. The number of methoxy groups -OCH3 is 1. The Kier molecular flexibility index (Phi) is 5.12. The number of benzene rings is 1. The Balaban J connectivity index is 3.76. The fourth-order valence-electron chi connectivity index (χ4n) is 1.93. The van der Waals surface area contributed by atoms with E-state index in [-0.39, 0.29) is 0 Å². The third kappa shape index (κ3) is 2.96. The van der Waals surface area contributed by atoms with E-state index < -0.39 is 0 Å². The maximum absolute atomic E-state index is 7.56. The Hall–Kier alpha value is -1.81. The van der Waals surface area contributed by atoms with Crippen molar-refractivity contribution in [2.24, 2.45) is 0 Å². The molecule has 3 N–H and O–H groups in total. The lowest BCUT2D eigenvalue weighted by Crippen LogP contribution is -2.03. The average Bonchev–Trinajstić information content (AvgIpc) is 2.38. The molecule has 0 saturated carbocycles. The lowest BCUT2D eigenvalue weighted by atomic mass is 9.93. The number of hydrogen-bond acceptors (Lipinski definition) is 3. The predicted octanol–water partition coefficient (Wildman–Crippen LogP) is 4.03. The van der Waals surface area contributed by atoms with Crippen LogP contribution in [0.25, 0.3) is 5.57 Å². The van der Waals surface area contributed by atoms with Crippen LogP contribution in [0.3, 0.4) is 0 Å². The number of anilines is 1. The molecular formula is C15H17BrN2O. The molecule has 1 aromatic rings. The van der Waals surface area contributed by atoms with Crippen molar-refractivity contribution >= 4 is 33.4 Å². The summed E-state index contributed by atoms with van der Waals surface area (Å²) in [7, 11) is 1.57. The van der Waals surface area contributed by atoms with E-state index in [0.29, 0.717) is 21.5 Å². The van der Waals surface area contributed by atoms with Crippen LogP contribution in [0.1, 0.15) is 16.7 Å². The van der Waals surface area contributed by atoms with E-state index >= 15 is 0 Å². The molecule has 0 spiro atoms. The minimum Gasteiger partial charge on any atom is -0.495 e. The lowest BCUT2D eigenvalue weighted by Gasteiger charge is -2.16. The molecule has 4 heteroatoms. The molecule has 0 aliphatic carbocycles. The van der Waals surface area contributed by atoms with Gasteiger partial charge in [0.1, 0.15) is 5.76 Å². The second-order valence-corrected chi connectivity index (χ2v) is 4.92. The Bertz CT molecular complexity index is 574. The van der Waals surface area contributed by atoms with Crippen molar-refractivity contribution in [1.29, 1.82) is 5.41 Å². The van der Waals surface area contributed by atoms with E-state index in [0.717, 1.165) is 16.7 Å². The minimum absolute atomic E-state index is 0.547. The van der Waals surface area contributed by atoms with Gasteiger partial charge in [-0.1, -0.05) is 25.3 Å². The zero-order chi connectivity index (χ0) is 14.6. The van der Waals surface area contributed by atoms with Crippen molar-refractivity contribution in [3.05, 3.63) is 58.3 Å². The van der Waals surface area contributed by atoms with Crippen LogP contribution < -0.4 is 5.73 Å². The second-order valence-electron chi connectivity index (χ2n) is 3.96. The van der Waals surface area contributed by atoms with Gasteiger partial charge in [-0.2, -0.15) is 0 Å². The fourth-order valence-corrected chi connectivity index (χ4v) is 2.31. The van der Waals surface area contributed by atoms with Gasteiger partial charge in [-0.05, 0) is 40.0 Å². The fraction of sp³-hybridized carbons (Fsp3) is 0.133. The maximum Gasteiger partial charge on any atom is 0.140 e. The van der Waals surface area contributed by atoms with Crippen LogP contribution in [0, 0.1) is 12.3 Å². The van der Waals surface area contributed by atoms with Crippen LogP contribution in [0.2, 0.25) is 0 Å². The van der Waals surface area contributed by atoms with Crippen molar-refractivity contribution in [2.45, 2.75) is 6.92 Å². The number of allylic oxidation sites excluding steroid dienone is 3. The predicted molar refractivity (Wildman–Crippen MR) is 85.7 cm³/mol. The molecule has 0 heterocycles. The topological polar surface area (TPSA) is 59.1 Å². The zero-order valence-corrected chi connectivity index (χ0v) is 12.7. The number of hydrogen-bond donors (Lipinski definition) is 2. The summed E-state index contributed by atoms with van der Waals surface area (Å²) in [4.78, 5) is 0. The van der Waals surface area contributed by atoms with Crippen LogP contribution in [0.4, 0.5) is 5.69 Å². The molecule has 1 aromatic carbocycles. The molecule has 0 aromatic heterocycles. The monoisotopic (exact) mass is 320 g/mol. The third-order valence-corrected chi connectivity index (χ3v) is 3.16. The zero-order valence-electron chi connectivity index (χ0n) is 11.1. The smallest absolute Gasteiger partial charge is 0.140 e. The number of nitrogen functional groups attached to an aromatic ring is 1. The van der Waals surface area contributed by atoms with Crippen molar-refractivity contribution < 1.29 is 4.74 Å². The van der Waals surface area contributed by atoms with Crippen molar-refractivity contribution in [3.63, 3.8) is 0 Å². The first-order valence-corrected chi connectivity index (χ1v) is 6.42. The molecule has 0 aliphatic heterocycles. The summed E-state index contributed by atoms with van der Waals surface area (Å²) in [6, 6.07) is 3.70. The van der Waals surface area contributed by atoms with E-state index in [1.807, 2.05) is 13.0 Å². The molecule has 0 aliphatic rings. The molecule has 100 valence electrons. The van der Waals surface area contributed by atoms with Gasteiger partial charge in [0.25, 0.3) is 0 Å². The molecule has 1 rings (SSSR count). The van der Waals surface area contributed by atoms with Crippen LogP contribution >= 0.6 is 15.9 Å². The molecule has 0 radical (unpaired) electrons. The van der Waals surface area contributed by atoms with Crippen LogP contribution in [0.5, 0.6) is 0 Å². The molecule has 0 saturated heterocycles. The highest BCUT2D eigenvalue weighted by Gasteiger charge is 2.16. The van der Waals surface area contributed by atoms with Gasteiger partial charge in [0, 0.05) is 23.0 Å². The Morgan fingerprint density at radius 1 is 1.47 bits per heavy atom. The number of nitrogens with two attached hydrogens (primary N) is 1. The highest BCUT2D eigenvalue weighted by atomic mass is 79.9. The SMILES string of the molecule is C=C/C(=C(/OC)C(=C)Br)c1c(C)ccc(N)c1C=N. The van der Waals surface area contributed by atoms with E-state index in [4.69, 9.17) is 15.9 Å². The summed E-state index contributed by atoms with van der Waals surface area (Å²) in [6.07, 6.45) is 2.92. The van der Waals surface area contributed by atoms with E-state index in [9.17, 15) is 0 Å². The van der Waals surface area contributed by atoms with Gasteiger partial charge < -0.3 is 15.9 Å². The van der Waals surface area contributed by atoms with E-state index in [1.165, 1.54) is 6.21 Å². The Labute approximate surface area is 122 Å². The quantitative estimate of drug-likeness (QED) is 0.372. The molecule has 0 amide bonds. The highest BCUT2D eigenvalue weighted by molar-refractivity contribution is 9.11. The number of halogens is 1. The minimum atomic E-state index is 0.547. The normalized spacial score (nSPS) is 11.5. The van der Waals surface area contributed by atoms with Gasteiger partial charge in [-0.25, -0.2) is 0 Å². The number of ether oxygens (including phenoxy) is 1. The first-order valence-electron chi connectivity index (χ1n) is 5.63. The molecule has 0 bridgehead atoms. The number of rotatable bonds is 5. The first kappa shape index (κ1) is 15.2. The second kappa shape index (κ2) is 6.38. The summed E-state index contributed by atoms with van der Waals surface area (Å²) in [6.45, 7) is 9.60. The van der Waals surface area contributed by atoms with Crippen molar-refractivity contribution in [1.82, 2.24) is 0 Å². The first-order chi connectivity index (χ1) is 8.97. The summed E-state index contributed by atoms with van der Waals surface area (Å²) in [5.41, 5.74) is 9.71. The standard InChI is InChI=1S/C15H17BrN2O/c1-5-11(15(19-4)10(3)16)14-9(2)6-7-13(18)12(14)8-17/h5-8,17H,1,3,18H2,2,4H3/b15-11-,17-8?. The number of nitrogens with one attached hydrogen (secondary N) is 1. The van der Waals surface area contributed by atoms with Gasteiger partial charge in [0.15, 0.2) is 0 Å². The number of aryl methyl sites for hydroxylation is 1. The van der Waals surface area contributed by atoms with Gasteiger partial charge in [-0.15, -0.1) is 0 Å². The van der Waals surface area contributed by atoms with Crippen molar-refractivity contribution in [2.75, 3.05) is 12.8 Å². The van der Waals surface area contributed by atoms with Gasteiger partial charge in [0.05, 0.1) is 11.6 Å². The van der Waals surface area contributed by atoms with Crippen molar-refractivity contribution in [3.8, 4) is 0 Å². The molecule has 3 nitrogen and oxygen atoms in total. The van der Waals surface area contributed by atoms with Crippen LogP contribution in [-0.2, 0) is 4.74 Å². The van der Waals surface area contributed by atoms with E-state index in [1.54, 1.807) is 19.3 Å². The maximum atomic E-state index is 7.56. The Morgan fingerprint density at radius 3 is 2.53 bits per heavy atom. The molecule has 0 fully saturated rings. The summed E-state index contributed by atoms with van der Waals surface area (Å²) < 4.78 is 5.97. The van der Waals surface area contributed by atoms with Gasteiger partial charge in [0.2, 0.25) is 0 Å². The lowest BCUT2D eigenvalue weighted by molar-refractivity contribution is 0.308. The highest BCUT2D eigenvalue weighted by Crippen LogP contribution is 2.33. The summed E-state index contributed by atoms with van der Waals surface area (Å²) in [5.74, 6) is 0.576. The van der Waals surface area contributed by atoms with Crippen LogP contribution in [-0.4, -0.2) is 13.3 Å². The van der Waals surface area contributed by atoms with Crippen LogP contribution in [0.15, 0.2) is 41.6 Å². The summed E-state index contributed by atoms with van der Waals surface area (Å²) >= 11 is 3.32. The summed E-state index contributed by atoms with van der Waals surface area (Å²) in [5, 5.41) is 7.56. The van der Waals surface area contributed by atoms with Gasteiger partial charge in [-0.3, -0.25) is 0 Å². The van der Waals surface area contributed by atoms with Gasteiger partial charge >= 0.3 is 0 Å². The van der Waals surface area contributed by atoms with E-state index in [2.05, 4.69) is 29.1 Å². The largest absolute Gasteiger partial charge is 0.495 e. The molecular weight excluding hydrogens is 304 g/mol. The third-order valence-electron chi connectivity index (χ3n) is 2.80.